The molecule has 0 saturated carbocycles. The molecule has 0 spiro atoms. The third-order valence-corrected chi connectivity index (χ3v) is 3.39. The van der Waals surface area contributed by atoms with E-state index in [9.17, 15) is 0 Å². The van der Waals surface area contributed by atoms with E-state index in [1.807, 2.05) is 0 Å². The van der Waals surface area contributed by atoms with Crippen LogP contribution in [0, 0.1) is 12.8 Å². The molecule has 0 bridgehead atoms. The molecule has 0 saturated heterocycles. The van der Waals surface area contributed by atoms with Gasteiger partial charge in [0, 0.05) is 5.56 Å². The van der Waals surface area contributed by atoms with Crippen LogP contribution in [0.1, 0.15) is 51.3 Å². The van der Waals surface area contributed by atoms with E-state index in [2.05, 4.69) is 65.8 Å². The molecule has 0 aliphatic carbocycles. The molecular weight excluding hydrogens is 232 g/mol. The van der Waals surface area contributed by atoms with Gasteiger partial charge in [0.2, 0.25) is 0 Å². The van der Waals surface area contributed by atoms with Crippen molar-refractivity contribution in [2.45, 2.75) is 53.4 Å². The van der Waals surface area contributed by atoms with Gasteiger partial charge in [-0.05, 0) is 37.2 Å². The Bertz CT molecular complexity index is 449. The number of rotatable bonds is 4. The number of aryl methyl sites for hydroxylation is 1. The average Bonchev–Trinajstić information content (AvgIpc) is 2.27. The molecule has 0 amide bonds. The minimum absolute atomic E-state index is 0.107. The van der Waals surface area contributed by atoms with Crippen LogP contribution in [0.5, 0.6) is 5.75 Å². The van der Waals surface area contributed by atoms with E-state index in [0.717, 1.165) is 12.2 Å². The summed E-state index contributed by atoms with van der Waals surface area (Å²) in [6.07, 6.45) is 5.40. The molecule has 1 aromatic carbocycles. The van der Waals surface area contributed by atoms with Gasteiger partial charge in [-0.25, -0.2) is 0 Å². The number of ether oxygens (including phenoxy) is 1. The van der Waals surface area contributed by atoms with Crippen LogP contribution in [0.4, 0.5) is 0 Å². The van der Waals surface area contributed by atoms with Crippen molar-refractivity contribution >= 4 is 0 Å². The second-order valence-electron chi connectivity index (χ2n) is 6.46. The monoisotopic (exact) mass is 260 g/mol. The quantitative estimate of drug-likeness (QED) is 0.688. The molecule has 0 fully saturated rings. The molecule has 1 rings (SSSR count). The first kappa shape index (κ1) is 15.8. The Hall–Kier alpha value is -1.24. The first-order valence-electron chi connectivity index (χ1n) is 7.10. The number of hydrogen-bond donors (Lipinski definition) is 0. The molecule has 0 heterocycles. The third-order valence-electron chi connectivity index (χ3n) is 3.39. The third kappa shape index (κ3) is 4.12. The zero-order chi connectivity index (χ0) is 14.6. The second kappa shape index (κ2) is 6.27. The fraction of sp³-hybridized carbons (Fsp3) is 0.556. The SMILES string of the molecule is C/C=C\C(C)Cc1cc(C)cc(C(C)(C)C)c1OC. The summed E-state index contributed by atoms with van der Waals surface area (Å²) in [4.78, 5) is 0. The minimum atomic E-state index is 0.107. The predicted octanol–water partition coefficient (Wildman–Crippen LogP) is 5.06. The van der Waals surface area contributed by atoms with E-state index in [1.165, 1.54) is 16.7 Å². The number of methoxy groups -OCH3 is 1. The van der Waals surface area contributed by atoms with Crippen LogP contribution in [0.2, 0.25) is 0 Å². The Morgan fingerprint density at radius 2 is 1.89 bits per heavy atom. The Balaban J connectivity index is 3.27. The van der Waals surface area contributed by atoms with Gasteiger partial charge < -0.3 is 4.74 Å². The maximum atomic E-state index is 5.71. The second-order valence-corrected chi connectivity index (χ2v) is 6.46. The highest BCUT2D eigenvalue weighted by Gasteiger charge is 2.22. The van der Waals surface area contributed by atoms with Crippen LogP contribution in [-0.4, -0.2) is 7.11 Å². The Kier molecular flexibility index (Phi) is 5.22. The van der Waals surface area contributed by atoms with E-state index < -0.39 is 0 Å². The molecule has 0 N–H and O–H groups in total. The fourth-order valence-corrected chi connectivity index (χ4v) is 2.54. The lowest BCUT2D eigenvalue weighted by Crippen LogP contribution is -2.15. The summed E-state index contributed by atoms with van der Waals surface area (Å²) < 4.78 is 5.71. The van der Waals surface area contributed by atoms with E-state index in [0.29, 0.717) is 5.92 Å². The Morgan fingerprint density at radius 3 is 2.37 bits per heavy atom. The topological polar surface area (TPSA) is 9.23 Å². The average molecular weight is 260 g/mol. The van der Waals surface area contributed by atoms with Crippen molar-refractivity contribution in [2.75, 3.05) is 7.11 Å². The van der Waals surface area contributed by atoms with Crippen molar-refractivity contribution in [3.05, 3.63) is 41.0 Å². The number of benzene rings is 1. The van der Waals surface area contributed by atoms with Gasteiger partial charge in [0.15, 0.2) is 0 Å². The van der Waals surface area contributed by atoms with Crippen LogP contribution in [0.15, 0.2) is 24.3 Å². The summed E-state index contributed by atoms with van der Waals surface area (Å²) >= 11 is 0. The lowest BCUT2D eigenvalue weighted by atomic mass is 9.83. The molecule has 106 valence electrons. The molecular formula is C18H28O. The fourth-order valence-electron chi connectivity index (χ4n) is 2.54. The summed E-state index contributed by atoms with van der Waals surface area (Å²) in [5, 5.41) is 0. The van der Waals surface area contributed by atoms with Crippen molar-refractivity contribution in [1.29, 1.82) is 0 Å². The maximum absolute atomic E-state index is 5.71. The van der Waals surface area contributed by atoms with Crippen molar-refractivity contribution in [3.8, 4) is 5.75 Å². The zero-order valence-corrected chi connectivity index (χ0v) is 13.5. The van der Waals surface area contributed by atoms with Crippen molar-refractivity contribution in [1.82, 2.24) is 0 Å². The lowest BCUT2D eigenvalue weighted by Gasteiger charge is -2.25. The largest absolute Gasteiger partial charge is 0.496 e. The van der Waals surface area contributed by atoms with E-state index >= 15 is 0 Å². The van der Waals surface area contributed by atoms with Crippen molar-refractivity contribution in [3.63, 3.8) is 0 Å². The van der Waals surface area contributed by atoms with Crippen molar-refractivity contribution < 1.29 is 4.74 Å². The highest BCUT2D eigenvalue weighted by atomic mass is 16.5. The zero-order valence-electron chi connectivity index (χ0n) is 13.5. The molecule has 1 atom stereocenters. The summed E-state index contributed by atoms with van der Waals surface area (Å²) in [5.74, 6) is 1.60. The Labute approximate surface area is 118 Å². The summed E-state index contributed by atoms with van der Waals surface area (Å²) in [7, 11) is 1.78. The minimum Gasteiger partial charge on any atom is -0.496 e. The number of hydrogen-bond acceptors (Lipinski definition) is 1. The first-order valence-corrected chi connectivity index (χ1v) is 7.10. The lowest BCUT2D eigenvalue weighted by molar-refractivity contribution is 0.390. The normalized spacial score (nSPS) is 13.8. The summed E-state index contributed by atoms with van der Waals surface area (Å²) in [6, 6.07) is 4.51. The highest BCUT2D eigenvalue weighted by molar-refractivity contribution is 5.48. The van der Waals surface area contributed by atoms with Gasteiger partial charge >= 0.3 is 0 Å². The van der Waals surface area contributed by atoms with E-state index in [4.69, 9.17) is 4.74 Å². The van der Waals surface area contributed by atoms with Crippen molar-refractivity contribution in [2.24, 2.45) is 5.92 Å². The highest BCUT2D eigenvalue weighted by Crippen LogP contribution is 2.36. The Morgan fingerprint density at radius 1 is 1.26 bits per heavy atom. The molecule has 1 heteroatoms. The molecule has 0 radical (unpaired) electrons. The van der Waals surface area contributed by atoms with E-state index in [1.54, 1.807) is 7.11 Å². The summed E-state index contributed by atoms with van der Waals surface area (Å²) in [5.41, 5.74) is 4.04. The van der Waals surface area contributed by atoms with Gasteiger partial charge in [0.1, 0.15) is 5.75 Å². The van der Waals surface area contributed by atoms with Gasteiger partial charge in [-0.2, -0.15) is 0 Å². The molecule has 19 heavy (non-hydrogen) atoms. The first-order chi connectivity index (χ1) is 8.79. The molecule has 0 aliphatic heterocycles. The summed E-state index contributed by atoms with van der Waals surface area (Å²) in [6.45, 7) is 13.2. The van der Waals surface area contributed by atoms with Gasteiger partial charge in [-0.15, -0.1) is 0 Å². The maximum Gasteiger partial charge on any atom is 0.125 e. The molecule has 0 aliphatic rings. The molecule has 1 nitrogen and oxygen atoms in total. The standard InChI is InChI=1S/C18H28O/c1-8-9-13(2)10-15-11-14(3)12-16(17(15)19-7)18(4,5)6/h8-9,11-13H,10H2,1-7H3/b9-8-. The van der Waals surface area contributed by atoms with Crippen LogP contribution < -0.4 is 4.74 Å². The van der Waals surface area contributed by atoms with Crippen LogP contribution in [0.25, 0.3) is 0 Å². The van der Waals surface area contributed by atoms with Crippen LogP contribution in [-0.2, 0) is 11.8 Å². The predicted molar refractivity (Wildman–Crippen MR) is 84.1 cm³/mol. The molecule has 1 aromatic rings. The van der Waals surface area contributed by atoms with E-state index in [-0.39, 0.29) is 5.41 Å². The van der Waals surface area contributed by atoms with Gasteiger partial charge in [0.05, 0.1) is 7.11 Å². The smallest absolute Gasteiger partial charge is 0.125 e. The van der Waals surface area contributed by atoms with Crippen LogP contribution in [0.3, 0.4) is 0 Å². The van der Waals surface area contributed by atoms with Gasteiger partial charge in [-0.1, -0.05) is 57.5 Å². The molecule has 1 unspecified atom stereocenters. The van der Waals surface area contributed by atoms with Crippen LogP contribution >= 0.6 is 0 Å². The van der Waals surface area contributed by atoms with Gasteiger partial charge in [0.25, 0.3) is 0 Å². The number of allylic oxidation sites excluding steroid dienone is 2. The molecule has 0 aromatic heterocycles. The van der Waals surface area contributed by atoms with Gasteiger partial charge in [-0.3, -0.25) is 0 Å².